The first kappa shape index (κ1) is 12.5. The average Bonchev–Trinajstić information content (AvgIpc) is 2.80. The smallest absolute Gasteiger partial charge is 0.276 e. The molecule has 0 radical (unpaired) electrons. The van der Waals surface area contributed by atoms with Gasteiger partial charge in [0.1, 0.15) is 5.69 Å². The zero-order valence-corrected chi connectivity index (χ0v) is 11.3. The first-order valence-electron chi connectivity index (χ1n) is 5.85. The zero-order valence-electron chi connectivity index (χ0n) is 10.5. The molecule has 20 heavy (non-hydrogen) atoms. The van der Waals surface area contributed by atoms with Crippen LogP contribution in [0, 0.1) is 6.92 Å². The van der Waals surface area contributed by atoms with Crippen molar-refractivity contribution in [2.75, 3.05) is 5.32 Å². The number of fused-ring (bicyclic) bond motifs is 1. The number of aryl methyl sites for hydroxylation is 1. The molecule has 0 bridgehead atoms. The minimum Gasteiger partial charge on any atom is -0.313 e. The molecule has 2 N–H and O–H groups in total. The van der Waals surface area contributed by atoms with Crippen molar-refractivity contribution in [3.05, 3.63) is 52.2 Å². The molecule has 100 valence electrons. The fourth-order valence-electron chi connectivity index (χ4n) is 1.74. The van der Waals surface area contributed by atoms with Crippen LogP contribution in [0.25, 0.3) is 10.2 Å². The van der Waals surface area contributed by atoms with Crippen molar-refractivity contribution < 1.29 is 4.79 Å². The van der Waals surface area contributed by atoms with Gasteiger partial charge in [-0.15, -0.1) is 0 Å². The van der Waals surface area contributed by atoms with Gasteiger partial charge >= 0.3 is 0 Å². The number of nitrogens with one attached hydrogen (secondary N) is 2. The molecule has 0 saturated carbocycles. The van der Waals surface area contributed by atoms with Crippen LogP contribution in [0.2, 0.25) is 0 Å². The molecule has 0 spiro atoms. The van der Waals surface area contributed by atoms with Gasteiger partial charge in [-0.25, -0.2) is 9.97 Å². The fourth-order valence-corrected chi connectivity index (χ4v) is 2.70. The van der Waals surface area contributed by atoms with Crippen LogP contribution in [0.15, 0.2) is 35.4 Å². The molecule has 3 aromatic rings. The summed E-state index contributed by atoms with van der Waals surface area (Å²) in [5.41, 5.74) is 1.65. The van der Waals surface area contributed by atoms with Crippen molar-refractivity contribution in [3.8, 4) is 0 Å². The van der Waals surface area contributed by atoms with E-state index in [1.54, 1.807) is 0 Å². The lowest BCUT2D eigenvalue weighted by Crippen LogP contribution is -2.17. The number of hydrogen-bond donors (Lipinski definition) is 2. The van der Waals surface area contributed by atoms with Gasteiger partial charge in [0.2, 0.25) is 0 Å². The predicted molar refractivity (Wildman–Crippen MR) is 77.2 cm³/mol. The predicted octanol–water partition coefficient (Wildman–Crippen LogP) is 1.94. The summed E-state index contributed by atoms with van der Waals surface area (Å²) < 4.78 is 0.999. The van der Waals surface area contributed by atoms with E-state index >= 15 is 0 Å². The Morgan fingerprint density at radius 3 is 3.00 bits per heavy atom. The minimum atomic E-state index is -0.452. The van der Waals surface area contributed by atoms with Crippen molar-refractivity contribution in [3.63, 3.8) is 0 Å². The molecule has 3 rings (SSSR count). The van der Waals surface area contributed by atoms with Crippen LogP contribution in [0.4, 0.5) is 5.13 Å². The first-order valence-corrected chi connectivity index (χ1v) is 6.67. The Morgan fingerprint density at radius 1 is 1.35 bits per heavy atom. The second-order valence-corrected chi connectivity index (χ2v) is 5.27. The summed E-state index contributed by atoms with van der Waals surface area (Å²) in [4.78, 5) is 33.6. The highest BCUT2D eigenvalue weighted by Crippen LogP contribution is 2.26. The van der Waals surface area contributed by atoms with Crippen LogP contribution in [-0.4, -0.2) is 20.9 Å². The van der Waals surface area contributed by atoms with Gasteiger partial charge in [-0.2, -0.15) is 0 Å². The van der Waals surface area contributed by atoms with E-state index in [1.807, 2.05) is 25.1 Å². The Hall–Kier alpha value is -2.54. The number of hydrogen-bond acceptors (Lipinski definition) is 5. The maximum absolute atomic E-state index is 12.0. The largest absolute Gasteiger partial charge is 0.313 e. The van der Waals surface area contributed by atoms with Crippen molar-refractivity contribution in [1.82, 2.24) is 15.0 Å². The standard InChI is InChI=1S/C13H10N4O2S/c1-7-2-3-8-10(4-7)20-13(16-8)17-12(19)9-5-11(18)15-6-14-9/h2-6H,1H3,(H,14,15,18)(H,16,17,19). The molecule has 0 aliphatic heterocycles. The number of H-pyrrole nitrogens is 1. The Bertz CT molecular complexity index is 853. The number of aromatic nitrogens is 3. The Morgan fingerprint density at radius 2 is 2.20 bits per heavy atom. The fraction of sp³-hybridized carbons (Fsp3) is 0.0769. The number of amides is 1. The monoisotopic (exact) mass is 286 g/mol. The summed E-state index contributed by atoms with van der Waals surface area (Å²) in [6.45, 7) is 2.00. The van der Waals surface area contributed by atoms with Crippen molar-refractivity contribution in [1.29, 1.82) is 0 Å². The second-order valence-electron chi connectivity index (χ2n) is 4.24. The molecule has 0 fully saturated rings. The minimum absolute atomic E-state index is 0.0594. The SMILES string of the molecule is Cc1ccc2nc(NC(=O)c3cc(=O)[nH]cn3)sc2c1. The van der Waals surface area contributed by atoms with Crippen LogP contribution in [0.3, 0.4) is 0 Å². The molecule has 1 aromatic carbocycles. The Balaban J connectivity index is 1.89. The molecule has 7 heteroatoms. The number of carbonyl (C=O) groups is 1. The number of carbonyl (C=O) groups excluding carboxylic acids is 1. The zero-order chi connectivity index (χ0) is 14.1. The van der Waals surface area contributed by atoms with Crippen LogP contribution < -0.4 is 10.9 Å². The summed E-state index contributed by atoms with van der Waals surface area (Å²) in [6, 6.07) is 7.02. The van der Waals surface area contributed by atoms with Gasteiger partial charge in [0.15, 0.2) is 5.13 Å². The average molecular weight is 286 g/mol. The lowest BCUT2D eigenvalue weighted by atomic mass is 10.2. The van der Waals surface area contributed by atoms with Gasteiger partial charge < -0.3 is 4.98 Å². The molecule has 1 amide bonds. The van der Waals surface area contributed by atoms with E-state index < -0.39 is 5.91 Å². The van der Waals surface area contributed by atoms with Gasteiger partial charge in [-0.3, -0.25) is 14.9 Å². The summed E-state index contributed by atoms with van der Waals surface area (Å²) >= 11 is 1.38. The molecule has 2 aromatic heterocycles. The number of anilines is 1. The van der Waals surface area contributed by atoms with Gasteiger partial charge in [0, 0.05) is 6.07 Å². The van der Waals surface area contributed by atoms with Crippen LogP contribution in [-0.2, 0) is 0 Å². The van der Waals surface area contributed by atoms with Gasteiger partial charge in [0.05, 0.1) is 16.5 Å². The quantitative estimate of drug-likeness (QED) is 0.753. The highest BCUT2D eigenvalue weighted by atomic mass is 32.1. The maximum atomic E-state index is 12.0. The van der Waals surface area contributed by atoms with Gasteiger partial charge in [-0.1, -0.05) is 17.4 Å². The summed E-state index contributed by atoms with van der Waals surface area (Å²) in [5, 5.41) is 3.13. The molecule has 0 atom stereocenters. The normalized spacial score (nSPS) is 10.7. The molecule has 2 heterocycles. The van der Waals surface area contributed by atoms with Gasteiger partial charge in [-0.05, 0) is 24.6 Å². The highest BCUT2D eigenvalue weighted by Gasteiger charge is 2.11. The summed E-state index contributed by atoms with van der Waals surface area (Å²) in [7, 11) is 0. The third-order valence-corrected chi connectivity index (χ3v) is 3.61. The summed E-state index contributed by atoms with van der Waals surface area (Å²) in [5.74, 6) is -0.452. The van der Waals surface area contributed by atoms with Crippen LogP contribution in [0.1, 0.15) is 16.1 Å². The molecule has 0 aliphatic rings. The second kappa shape index (κ2) is 4.86. The van der Waals surface area contributed by atoms with Crippen molar-refractivity contribution >= 4 is 32.6 Å². The molecule has 0 saturated heterocycles. The Kier molecular flexibility index (Phi) is 3.03. The Labute approximate surface area is 117 Å². The van der Waals surface area contributed by atoms with E-state index in [2.05, 4.69) is 20.3 Å². The molecule has 0 unspecified atom stereocenters. The van der Waals surface area contributed by atoms with Crippen molar-refractivity contribution in [2.24, 2.45) is 0 Å². The highest BCUT2D eigenvalue weighted by molar-refractivity contribution is 7.22. The van der Waals surface area contributed by atoms with E-state index in [0.717, 1.165) is 21.8 Å². The topological polar surface area (TPSA) is 87.7 Å². The number of rotatable bonds is 2. The van der Waals surface area contributed by atoms with Crippen LogP contribution in [0.5, 0.6) is 0 Å². The van der Waals surface area contributed by atoms with Crippen molar-refractivity contribution in [2.45, 2.75) is 6.92 Å². The van der Waals surface area contributed by atoms with E-state index in [1.165, 1.54) is 17.7 Å². The van der Waals surface area contributed by atoms with E-state index in [9.17, 15) is 9.59 Å². The van der Waals surface area contributed by atoms with E-state index in [-0.39, 0.29) is 11.3 Å². The van der Waals surface area contributed by atoms with Crippen LogP contribution >= 0.6 is 11.3 Å². The third-order valence-electron chi connectivity index (χ3n) is 2.68. The summed E-state index contributed by atoms with van der Waals surface area (Å²) in [6.07, 6.45) is 1.19. The first-order chi connectivity index (χ1) is 9.61. The number of nitrogens with zero attached hydrogens (tertiary/aromatic N) is 2. The molecular weight excluding hydrogens is 276 g/mol. The number of aromatic amines is 1. The lowest BCUT2D eigenvalue weighted by Gasteiger charge is -1.98. The van der Waals surface area contributed by atoms with Gasteiger partial charge in [0.25, 0.3) is 11.5 Å². The third kappa shape index (κ3) is 2.43. The molecule has 6 nitrogen and oxygen atoms in total. The maximum Gasteiger partial charge on any atom is 0.276 e. The molecular formula is C13H10N4O2S. The lowest BCUT2D eigenvalue weighted by molar-refractivity contribution is 0.102. The number of thiazole rings is 1. The molecule has 0 aliphatic carbocycles. The number of benzene rings is 1. The van der Waals surface area contributed by atoms with E-state index in [0.29, 0.717) is 5.13 Å². The van der Waals surface area contributed by atoms with E-state index in [4.69, 9.17) is 0 Å².